The number of pyridine rings is 1. The third kappa shape index (κ3) is 2.84. The Bertz CT molecular complexity index is 926. The van der Waals surface area contributed by atoms with Gasteiger partial charge in [0.2, 0.25) is 10.0 Å². The van der Waals surface area contributed by atoms with Crippen LogP contribution in [0.5, 0.6) is 0 Å². The first-order valence-corrected chi connectivity index (χ1v) is 11.0. The Morgan fingerprint density at radius 3 is 2.65 bits per heavy atom. The number of sulfonamides is 1. The molecular formula is C20H27N3O2S. The third-order valence-corrected chi connectivity index (χ3v) is 7.87. The van der Waals surface area contributed by atoms with Crippen molar-refractivity contribution in [3.05, 3.63) is 36.0 Å². The Morgan fingerprint density at radius 2 is 1.88 bits per heavy atom. The van der Waals surface area contributed by atoms with E-state index in [4.69, 9.17) is 0 Å². The van der Waals surface area contributed by atoms with Crippen molar-refractivity contribution in [2.45, 2.75) is 63.1 Å². The maximum absolute atomic E-state index is 13.5. The van der Waals surface area contributed by atoms with Gasteiger partial charge in [-0.05, 0) is 63.8 Å². The van der Waals surface area contributed by atoms with Crippen molar-refractivity contribution in [1.82, 2.24) is 14.2 Å². The van der Waals surface area contributed by atoms with E-state index >= 15 is 0 Å². The molecular weight excluding hydrogens is 346 g/mol. The van der Waals surface area contributed by atoms with Gasteiger partial charge in [-0.3, -0.25) is 9.88 Å². The normalized spacial score (nSPS) is 25.1. The average molecular weight is 374 g/mol. The highest BCUT2D eigenvalue weighted by Crippen LogP contribution is 2.35. The second-order valence-electron chi connectivity index (χ2n) is 7.86. The molecule has 2 aliphatic heterocycles. The number of aromatic nitrogens is 1. The number of aryl methyl sites for hydroxylation is 1. The molecule has 6 heteroatoms. The van der Waals surface area contributed by atoms with E-state index in [-0.39, 0.29) is 0 Å². The van der Waals surface area contributed by atoms with Gasteiger partial charge < -0.3 is 0 Å². The molecule has 5 nitrogen and oxygen atoms in total. The fourth-order valence-corrected chi connectivity index (χ4v) is 6.47. The Labute approximate surface area is 156 Å². The highest BCUT2D eigenvalue weighted by molar-refractivity contribution is 7.89. The predicted octanol–water partition coefficient (Wildman–Crippen LogP) is 3.18. The van der Waals surface area contributed by atoms with Gasteiger partial charge in [-0.2, -0.15) is 4.31 Å². The van der Waals surface area contributed by atoms with E-state index in [0.717, 1.165) is 29.3 Å². The molecule has 1 aromatic carbocycles. The van der Waals surface area contributed by atoms with Crippen LogP contribution < -0.4 is 0 Å². The smallest absolute Gasteiger partial charge is 0.243 e. The first-order valence-electron chi connectivity index (χ1n) is 9.51. The van der Waals surface area contributed by atoms with Crippen molar-refractivity contribution >= 4 is 20.9 Å². The van der Waals surface area contributed by atoms with Crippen LogP contribution in [0.3, 0.4) is 0 Å². The zero-order chi connectivity index (χ0) is 18.5. The van der Waals surface area contributed by atoms with Crippen LogP contribution in [0, 0.1) is 6.92 Å². The average Bonchev–Trinajstić information content (AvgIpc) is 2.89. The number of rotatable bonds is 3. The van der Waals surface area contributed by atoms with Gasteiger partial charge in [0.1, 0.15) is 0 Å². The molecule has 140 valence electrons. The molecule has 0 amide bonds. The fraction of sp³-hybridized carbons (Fsp3) is 0.550. The van der Waals surface area contributed by atoms with Gasteiger partial charge in [-0.15, -0.1) is 0 Å². The lowest BCUT2D eigenvalue weighted by molar-refractivity contribution is 0.154. The minimum absolute atomic E-state index is 0.326. The highest BCUT2D eigenvalue weighted by Gasteiger charge is 2.41. The molecule has 2 aliphatic rings. The summed E-state index contributed by atoms with van der Waals surface area (Å²) in [6, 6.07) is 8.59. The van der Waals surface area contributed by atoms with Crippen molar-refractivity contribution in [3.8, 4) is 0 Å². The Balaban J connectivity index is 1.73. The van der Waals surface area contributed by atoms with Gasteiger partial charge in [0.05, 0.1) is 10.4 Å². The van der Waals surface area contributed by atoms with E-state index in [9.17, 15) is 8.42 Å². The quantitative estimate of drug-likeness (QED) is 0.829. The highest BCUT2D eigenvalue weighted by atomic mass is 32.2. The molecule has 0 saturated carbocycles. The Hall–Kier alpha value is -1.50. The number of benzene rings is 1. The van der Waals surface area contributed by atoms with E-state index < -0.39 is 10.0 Å². The van der Waals surface area contributed by atoms with Crippen LogP contribution in [0.25, 0.3) is 10.9 Å². The van der Waals surface area contributed by atoms with Crippen LogP contribution in [-0.4, -0.2) is 53.8 Å². The summed E-state index contributed by atoms with van der Waals surface area (Å²) in [4.78, 5) is 7.32. The second kappa shape index (κ2) is 6.59. The molecule has 3 heterocycles. The molecule has 0 unspecified atom stereocenters. The second-order valence-corrected chi connectivity index (χ2v) is 9.76. The number of fused-ring (bicyclic) bond motifs is 3. The zero-order valence-electron chi connectivity index (χ0n) is 15.7. The molecule has 2 bridgehead atoms. The summed E-state index contributed by atoms with van der Waals surface area (Å²) in [6.07, 6.45) is 4.91. The molecule has 2 aromatic rings. The lowest BCUT2D eigenvalue weighted by atomic mass is 10.1. The molecule has 0 aliphatic carbocycles. The van der Waals surface area contributed by atoms with E-state index in [2.05, 4.69) is 23.7 Å². The van der Waals surface area contributed by atoms with Gasteiger partial charge in [0.25, 0.3) is 0 Å². The first kappa shape index (κ1) is 17.9. The van der Waals surface area contributed by atoms with Crippen molar-refractivity contribution < 1.29 is 8.42 Å². The van der Waals surface area contributed by atoms with Crippen LogP contribution in [0.1, 0.15) is 38.7 Å². The summed E-state index contributed by atoms with van der Waals surface area (Å²) < 4.78 is 28.7. The van der Waals surface area contributed by atoms with Crippen molar-refractivity contribution in [2.75, 3.05) is 13.1 Å². The predicted molar refractivity (Wildman–Crippen MR) is 104 cm³/mol. The lowest BCUT2D eigenvalue weighted by Gasteiger charge is -2.32. The minimum atomic E-state index is -3.53. The van der Waals surface area contributed by atoms with E-state index in [1.165, 1.54) is 6.42 Å². The molecule has 2 atom stereocenters. The summed E-state index contributed by atoms with van der Waals surface area (Å²) in [5.41, 5.74) is 1.77. The Kier molecular flexibility index (Phi) is 4.53. The van der Waals surface area contributed by atoms with E-state index in [1.807, 2.05) is 25.1 Å². The molecule has 26 heavy (non-hydrogen) atoms. The summed E-state index contributed by atoms with van der Waals surface area (Å²) >= 11 is 0. The molecule has 0 radical (unpaired) electrons. The summed E-state index contributed by atoms with van der Waals surface area (Å²) in [5.74, 6) is 0. The van der Waals surface area contributed by atoms with E-state index in [1.54, 1.807) is 16.6 Å². The minimum Gasteiger partial charge on any atom is -0.294 e. The summed E-state index contributed by atoms with van der Waals surface area (Å²) in [5, 5.41) is 0.725. The SMILES string of the molecule is Cc1ccc(S(=O)(=O)N2CC[C@H]3CC[C@@H](C2)N3C(C)C)c2cccnc12. The topological polar surface area (TPSA) is 53.5 Å². The standard InChI is InChI=1S/C20H27N3O2S/c1-14(2)23-16-7-8-17(23)13-22(12-10-16)26(24,25)19-9-6-15(3)20-18(19)5-4-11-21-20/h4-6,9,11,14,16-17H,7-8,10,12-13H2,1-3H3/t16-,17+/m1/s1. The molecule has 4 rings (SSSR count). The van der Waals surface area contributed by atoms with Crippen LogP contribution in [0.4, 0.5) is 0 Å². The molecule has 2 fully saturated rings. The maximum atomic E-state index is 13.5. The lowest BCUT2D eigenvalue weighted by Crippen LogP contribution is -2.44. The number of hydrogen-bond donors (Lipinski definition) is 0. The molecule has 2 saturated heterocycles. The summed E-state index contributed by atoms with van der Waals surface area (Å²) in [7, 11) is -3.53. The van der Waals surface area contributed by atoms with Crippen molar-refractivity contribution in [2.24, 2.45) is 0 Å². The van der Waals surface area contributed by atoms with Gasteiger partial charge in [0.15, 0.2) is 0 Å². The molecule has 0 N–H and O–H groups in total. The van der Waals surface area contributed by atoms with Gasteiger partial charge in [-0.25, -0.2) is 8.42 Å². The van der Waals surface area contributed by atoms with Crippen LogP contribution in [0.15, 0.2) is 35.4 Å². The molecule has 0 spiro atoms. The monoisotopic (exact) mass is 373 g/mol. The van der Waals surface area contributed by atoms with Crippen LogP contribution >= 0.6 is 0 Å². The van der Waals surface area contributed by atoms with Crippen molar-refractivity contribution in [3.63, 3.8) is 0 Å². The molecule has 1 aromatic heterocycles. The Morgan fingerprint density at radius 1 is 1.12 bits per heavy atom. The van der Waals surface area contributed by atoms with Gasteiger partial charge >= 0.3 is 0 Å². The van der Waals surface area contributed by atoms with E-state index in [0.29, 0.717) is 36.1 Å². The number of nitrogens with zero attached hydrogens (tertiary/aromatic N) is 3. The van der Waals surface area contributed by atoms with Gasteiger partial charge in [-0.1, -0.05) is 6.07 Å². The maximum Gasteiger partial charge on any atom is 0.243 e. The van der Waals surface area contributed by atoms with Gasteiger partial charge in [0, 0.05) is 42.8 Å². The zero-order valence-corrected chi connectivity index (χ0v) is 16.5. The number of hydrogen-bond acceptors (Lipinski definition) is 4. The largest absolute Gasteiger partial charge is 0.294 e. The first-order chi connectivity index (χ1) is 12.4. The fourth-order valence-electron chi connectivity index (χ4n) is 4.79. The third-order valence-electron chi connectivity index (χ3n) is 5.95. The van der Waals surface area contributed by atoms with Crippen LogP contribution in [-0.2, 0) is 10.0 Å². The summed E-state index contributed by atoms with van der Waals surface area (Å²) in [6.45, 7) is 7.59. The van der Waals surface area contributed by atoms with Crippen molar-refractivity contribution in [1.29, 1.82) is 0 Å². The van der Waals surface area contributed by atoms with Crippen LogP contribution in [0.2, 0.25) is 0 Å².